The van der Waals surface area contributed by atoms with E-state index in [0.717, 1.165) is 36.7 Å². The van der Waals surface area contributed by atoms with Gasteiger partial charge in [-0.15, -0.1) is 10.2 Å². The molecule has 0 aliphatic heterocycles. The van der Waals surface area contributed by atoms with E-state index in [0.29, 0.717) is 18.6 Å². The van der Waals surface area contributed by atoms with Gasteiger partial charge in [0, 0.05) is 12.1 Å². The Morgan fingerprint density at radius 3 is 2.79 bits per heavy atom. The number of nitrogens with zero attached hydrogens (tertiary/aromatic N) is 3. The molecule has 3 rings (SSSR count). The van der Waals surface area contributed by atoms with Crippen LogP contribution in [0.3, 0.4) is 0 Å². The topological polar surface area (TPSA) is 85.8 Å². The Kier molecular flexibility index (Phi) is 3.49. The number of hydrogen-bond acceptors (Lipinski definition) is 5. The maximum Gasteiger partial charge on any atom is 0.233 e. The first-order chi connectivity index (χ1) is 9.19. The highest BCUT2D eigenvalue weighted by Crippen LogP contribution is 2.39. The lowest BCUT2D eigenvalue weighted by molar-refractivity contribution is -0.120. The van der Waals surface area contributed by atoms with E-state index in [1.165, 1.54) is 11.8 Å². The molecule has 6 nitrogen and oxygen atoms in total. The standard InChI is InChI=1S/C12H19N5OS/c1-7(11(18)14-8-2-3-8)19-12-16-15-10(6-13)17(12)9-4-5-9/h7-9H,2-6,13H2,1H3,(H,14,18). The van der Waals surface area contributed by atoms with E-state index >= 15 is 0 Å². The molecule has 7 heteroatoms. The van der Waals surface area contributed by atoms with E-state index in [2.05, 4.69) is 20.1 Å². The van der Waals surface area contributed by atoms with Crippen LogP contribution in [0.15, 0.2) is 5.16 Å². The maximum atomic E-state index is 12.0. The summed E-state index contributed by atoms with van der Waals surface area (Å²) in [6, 6.07) is 0.881. The predicted octanol–water partition coefficient (Wildman–Crippen LogP) is 0.831. The largest absolute Gasteiger partial charge is 0.352 e. The number of amides is 1. The average Bonchev–Trinajstić information content (AvgIpc) is 3.30. The molecule has 2 aliphatic carbocycles. The first-order valence-corrected chi connectivity index (χ1v) is 7.68. The van der Waals surface area contributed by atoms with Crippen molar-refractivity contribution in [3.8, 4) is 0 Å². The average molecular weight is 281 g/mol. The summed E-state index contributed by atoms with van der Waals surface area (Å²) in [5.74, 6) is 0.909. The van der Waals surface area contributed by atoms with Crippen LogP contribution in [-0.2, 0) is 11.3 Å². The van der Waals surface area contributed by atoms with Crippen molar-refractivity contribution >= 4 is 17.7 Å². The van der Waals surface area contributed by atoms with E-state index in [1.54, 1.807) is 0 Å². The van der Waals surface area contributed by atoms with Gasteiger partial charge in [-0.3, -0.25) is 4.79 Å². The SMILES string of the molecule is CC(Sc1nnc(CN)n1C1CC1)C(=O)NC1CC1. The highest BCUT2D eigenvalue weighted by Gasteiger charge is 2.31. The molecule has 1 aromatic rings. The second-order valence-electron chi connectivity index (χ2n) is 5.25. The molecule has 3 N–H and O–H groups in total. The minimum atomic E-state index is -0.145. The minimum absolute atomic E-state index is 0.0899. The lowest BCUT2D eigenvalue weighted by atomic mass is 10.4. The van der Waals surface area contributed by atoms with Crippen molar-refractivity contribution in [2.24, 2.45) is 5.73 Å². The number of aromatic nitrogens is 3. The van der Waals surface area contributed by atoms with Crippen LogP contribution in [0.25, 0.3) is 0 Å². The molecule has 19 heavy (non-hydrogen) atoms. The van der Waals surface area contributed by atoms with Gasteiger partial charge in [-0.05, 0) is 32.6 Å². The van der Waals surface area contributed by atoms with Gasteiger partial charge in [0.05, 0.1) is 11.8 Å². The van der Waals surface area contributed by atoms with Crippen molar-refractivity contribution in [3.05, 3.63) is 5.82 Å². The normalized spacial score (nSPS) is 20.3. The van der Waals surface area contributed by atoms with Gasteiger partial charge < -0.3 is 15.6 Å². The van der Waals surface area contributed by atoms with Gasteiger partial charge in [0.25, 0.3) is 0 Å². The third kappa shape index (κ3) is 2.92. The van der Waals surface area contributed by atoms with Gasteiger partial charge in [-0.1, -0.05) is 11.8 Å². The third-order valence-electron chi connectivity index (χ3n) is 3.40. The molecule has 0 saturated heterocycles. The van der Waals surface area contributed by atoms with E-state index in [9.17, 15) is 4.79 Å². The summed E-state index contributed by atoms with van der Waals surface area (Å²) >= 11 is 1.47. The van der Waals surface area contributed by atoms with E-state index < -0.39 is 0 Å². The monoisotopic (exact) mass is 281 g/mol. The molecule has 1 heterocycles. The number of hydrogen-bond donors (Lipinski definition) is 2. The van der Waals surface area contributed by atoms with Crippen LogP contribution in [0.5, 0.6) is 0 Å². The Morgan fingerprint density at radius 2 is 2.21 bits per heavy atom. The molecule has 0 radical (unpaired) electrons. The molecular formula is C12H19N5OS. The van der Waals surface area contributed by atoms with Gasteiger partial charge in [0.2, 0.25) is 5.91 Å². The molecule has 0 bridgehead atoms. The second kappa shape index (κ2) is 5.13. The van der Waals surface area contributed by atoms with Crippen LogP contribution in [0.1, 0.15) is 44.5 Å². The summed E-state index contributed by atoms with van der Waals surface area (Å²) < 4.78 is 2.10. The molecule has 2 fully saturated rings. The number of nitrogens with two attached hydrogens (primary N) is 1. The van der Waals surface area contributed by atoms with Gasteiger partial charge in [0.15, 0.2) is 5.16 Å². The zero-order chi connectivity index (χ0) is 13.4. The molecule has 1 atom stereocenters. The Morgan fingerprint density at radius 1 is 1.47 bits per heavy atom. The van der Waals surface area contributed by atoms with Gasteiger partial charge in [-0.2, -0.15) is 0 Å². The molecule has 0 aromatic carbocycles. The van der Waals surface area contributed by atoms with Crippen LogP contribution in [0, 0.1) is 0 Å². The third-order valence-corrected chi connectivity index (χ3v) is 4.46. The number of thioether (sulfide) groups is 1. The highest BCUT2D eigenvalue weighted by molar-refractivity contribution is 8.00. The van der Waals surface area contributed by atoms with Gasteiger partial charge in [0.1, 0.15) is 5.82 Å². The van der Waals surface area contributed by atoms with Gasteiger partial charge in [-0.25, -0.2) is 0 Å². The summed E-state index contributed by atoms with van der Waals surface area (Å²) in [6.07, 6.45) is 4.53. The van der Waals surface area contributed by atoms with Crippen LogP contribution < -0.4 is 11.1 Å². The summed E-state index contributed by atoms with van der Waals surface area (Å²) in [6.45, 7) is 2.31. The summed E-state index contributed by atoms with van der Waals surface area (Å²) in [5.41, 5.74) is 5.68. The first-order valence-electron chi connectivity index (χ1n) is 6.80. The highest BCUT2D eigenvalue weighted by atomic mass is 32.2. The molecule has 2 saturated carbocycles. The number of carbonyl (C=O) groups is 1. The van der Waals surface area contributed by atoms with E-state index in [4.69, 9.17) is 5.73 Å². The Labute approximate surface area is 116 Å². The van der Waals surface area contributed by atoms with Gasteiger partial charge >= 0.3 is 0 Å². The summed E-state index contributed by atoms with van der Waals surface area (Å²) in [5, 5.41) is 12.0. The molecule has 1 unspecified atom stereocenters. The fourth-order valence-electron chi connectivity index (χ4n) is 1.98. The second-order valence-corrected chi connectivity index (χ2v) is 6.56. The molecule has 104 valence electrons. The molecule has 0 spiro atoms. The summed E-state index contributed by atoms with van der Waals surface area (Å²) in [4.78, 5) is 12.0. The van der Waals surface area contributed by atoms with Crippen LogP contribution >= 0.6 is 11.8 Å². The maximum absolute atomic E-state index is 12.0. The van der Waals surface area contributed by atoms with Crippen molar-refractivity contribution < 1.29 is 4.79 Å². The fourth-order valence-corrected chi connectivity index (χ4v) is 2.93. The quantitative estimate of drug-likeness (QED) is 0.754. The van der Waals surface area contributed by atoms with Crippen molar-refractivity contribution in [2.75, 3.05) is 0 Å². The van der Waals surface area contributed by atoms with Crippen molar-refractivity contribution in [2.45, 2.75) is 61.6 Å². The predicted molar refractivity (Wildman–Crippen MR) is 72.7 cm³/mol. The van der Waals surface area contributed by atoms with Crippen molar-refractivity contribution in [3.63, 3.8) is 0 Å². The minimum Gasteiger partial charge on any atom is -0.352 e. The smallest absolute Gasteiger partial charge is 0.233 e. The molecule has 1 amide bonds. The van der Waals surface area contributed by atoms with Crippen LogP contribution in [-0.4, -0.2) is 32.0 Å². The summed E-state index contributed by atoms with van der Waals surface area (Å²) in [7, 11) is 0. The Balaban J connectivity index is 1.67. The zero-order valence-corrected chi connectivity index (χ0v) is 11.8. The van der Waals surface area contributed by atoms with Crippen molar-refractivity contribution in [1.29, 1.82) is 0 Å². The first kappa shape index (κ1) is 12.9. The number of rotatable bonds is 6. The number of carbonyl (C=O) groups excluding carboxylic acids is 1. The Hall–Kier alpha value is -1.08. The van der Waals surface area contributed by atoms with Crippen LogP contribution in [0.2, 0.25) is 0 Å². The van der Waals surface area contributed by atoms with Crippen molar-refractivity contribution in [1.82, 2.24) is 20.1 Å². The lowest BCUT2D eigenvalue weighted by Crippen LogP contribution is -2.32. The van der Waals surface area contributed by atoms with Crippen LogP contribution in [0.4, 0.5) is 0 Å². The van der Waals surface area contributed by atoms with E-state index in [-0.39, 0.29) is 11.2 Å². The lowest BCUT2D eigenvalue weighted by Gasteiger charge is -2.12. The Bertz CT molecular complexity index is 480. The zero-order valence-electron chi connectivity index (χ0n) is 11.0. The fraction of sp³-hybridized carbons (Fsp3) is 0.750. The van der Waals surface area contributed by atoms with E-state index in [1.807, 2.05) is 6.92 Å². The molecule has 2 aliphatic rings. The number of nitrogens with one attached hydrogen (secondary N) is 1. The molecular weight excluding hydrogens is 262 g/mol. The molecule has 1 aromatic heterocycles.